The maximum Gasteiger partial charge on any atom is 0.305 e. The van der Waals surface area contributed by atoms with E-state index in [0.29, 0.717) is 21.6 Å². The minimum Gasteiger partial charge on any atom is -0.481 e. The van der Waals surface area contributed by atoms with Crippen LogP contribution < -0.4 is 0 Å². The van der Waals surface area contributed by atoms with Gasteiger partial charge in [-0.25, -0.2) is 0 Å². The number of amides is 1. The van der Waals surface area contributed by atoms with Crippen molar-refractivity contribution >= 4 is 34.3 Å². The number of carboxylic acids is 1. The summed E-state index contributed by atoms with van der Waals surface area (Å²) in [5.41, 5.74) is 1.40. The predicted molar refractivity (Wildman–Crippen MR) is 116 cm³/mol. The first-order valence-corrected chi connectivity index (χ1v) is 11.6. The third-order valence-corrected chi connectivity index (χ3v) is 7.49. The molecule has 7 heteroatoms. The molecule has 0 saturated carbocycles. The zero-order valence-electron chi connectivity index (χ0n) is 17.7. The smallest absolute Gasteiger partial charge is 0.305 e. The maximum atomic E-state index is 12.8. The molecular weight excluding hydrogens is 410 g/mol. The molecule has 160 valence electrons. The molecule has 0 fully saturated rings. The molecule has 0 aliphatic carbocycles. The quantitative estimate of drug-likeness (QED) is 0.641. The Balaban J connectivity index is 2.42. The Hall–Kier alpha value is -1.66. The molecule has 1 N–H and O–H groups in total. The van der Waals surface area contributed by atoms with Crippen LogP contribution in [0.5, 0.6) is 0 Å². The average molecular weight is 440 g/mol. The Kier molecular flexibility index (Phi) is 7.68. The molecule has 1 aromatic carbocycles. The SMILES string of the molecule is CC(C)CS(=O)c1ccc([C@]2(C)CC(=O)N(CCC(=O)O)C=C2C(C)C)cc1Cl. The number of nitrogens with zero attached hydrogens (tertiary/aromatic N) is 1. The number of allylic oxidation sites excluding steroid dienone is 1. The third kappa shape index (κ3) is 5.48. The Morgan fingerprint density at radius 3 is 2.48 bits per heavy atom. The molecule has 0 saturated heterocycles. The zero-order valence-corrected chi connectivity index (χ0v) is 19.3. The topological polar surface area (TPSA) is 74.7 Å². The van der Waals surface area contributed by atoms with E-state index in [1.807, 2.05) is 32.9 Å². The molecule has 2 rings (SSSR count). The van der Waals surface area contributed by atoms with Gasteiger partial charge in [0, 0.05) is 30.3 Å². The number of carbonyl (C=O) groups is 2. The molecule has 1 heterocycles. The summed E-state index contributed by atoms with van der Waals surface area (Å²) in [6.45, 7) is 10.3. The second-order valence-electron chi connectivity index (χ2n) is 8.53. The van der Waals surface area contributed by atoms with Crippen LogP contribution in [0.25, 0.3) is 0 Å². The molecule has 2 atom stereocenters. The van der Waals surface area contributed by atoms with Crippen molar-refractivity contribution in [3.05, 3.63) is 40.6 Å². The first kappa shape index (κ1) is 23.6. The summed E-state index contributed by atoms with van der Waals surface area (Å²) in [4.78, 5) is 25.8. The summed E-state index contributed by atoms with van der Waals surface area (Å²) < 4.78 is 12.5. The van der Waals surface area contributed by atoms with Gasteiger partial charge in [0.25, 0.3) is 0 Å². The van der Waals surface area contributed by atoms with E-state index in [9.17, 15) is 13.8 Å². The Morgan fingerprint density at radius 2 is 1.97 bits per heavy atom. The number of hydrogen-bond donors (Lipinski definition) is 1. The number of aliphatic carboxylic acids is 1. The van der Waals surface area contributed by atoms with Crippen LogP contribution in [-0.4, -0.2) is 38.4 Å². The lowest BCUT2D eigenvalue weighted by atomic mass is 9.68. The van der Waals surface area contributed by atoms with Gasteiger partial charge in [-0.2, -0.15) is 0 Å². The second-order valence-corrected chi connectivity index (χ2v) is 10.4. The standard InChI is InChI=1S/C22H30ClNO4S/c1-14(2)13-29(28)19-7-6-16(10-18(19)23)22(5)11-20(25)24(9-8-21(26)27)12-17(22)15(3)4/h6-7,10,12,14-15H,8-9,11,13H2,1-5H3,(H,26,27)/t22-,29?/m0/s1. The number of rotatable bonds is 8. The summed E-state index contributed by atoms with van der Waals surface area (Å²) in [7, 11) is -1.17. The number of benzene rings is 1. The van der Waals surface area contributed by atoms with Gasteiger partial charge >= 0.3 is 5.97 Å². The van der Waals surface area contributed by atoms with Crippen LogP contribution in [0.2, 0.25) is 5.02 Å². The zero-order chi connectivity index (χ0) is 21.9. The van der Waals surface area contributed by atoms with Crippen LogP contribution in [-0.2, 0) is 25.8 Å². The molecule has 29 heavy (non-hydrogen) atoms. The molecule has 1 unspecified atom stereocenters. The molecule has 0 aromatic heterocycles. The number of carbonyl (C=O) groups excluding carboxylic acids is 1. The maximum absolute atomic E-state index is 12.8. The first-order chi connectivity index (χ1) is 13.5. The highest BCUT2D eigenvalue weighted by molar-refractivity contribution is 7.85. The molecule has 0 spiro atoms. The van der Waals surface area contributed by atoms with Crippen molar-refractivity contribution in [3.8, 4) is 0 Å². The highest BCUT2D eigenvalue weighted by atomic mass is 35.5. The van der Waals surface area contributed by atoms with E-state index in [2.05, 4.69) is 13.8 Å². The largest absolute Gasteiger partial charge is 0.481 e. The number of halogens is 1. The fourth-order valence-electron chi connectivity index (χ4n) is 3.77. The number of carboxylic acid groups (broad SMARTS) is 1. The van der Waals surface area contributed by atoms with Gasteiger partial charge in [-0.15, -0.1) is 0 Å². The van der Waals surface area contributed by atoms with Crippen LogP contribution in [0.15, 0.2) is 34.9 Å². The Morgan fingerprint density at radius 1 is 1.31 bits per heavy atom. The van der Waals surface area contributed by atoms with Crippen molar-refractivity contribution in [1.82, 2.24) is 4.90 Å². The van der Waals surface area contributed by atoms with Gasteiger partial charge in [0.1, 0.15) is 0 Å². The Bertz CT molecular complexity index is 849. The van der Waals surface area contributed by atoms with E-state index < -0.39 is 22.2 Å². The molecule has 1 amide bonds. The lowest BCUT2D eigenvalue weighted by Crippen LogP contribution is -2.42. The fraction of sp³-hybridized carbons (Fsp3) is 0.545. The molecule has 1 aromatic rings. The molecule has 0 bridgehead atoms. The predicted octanol–water partition coefficient (Wildman–Crippen LogP) is 4.61. The fourth-order valence-corrected chi connectivity index (χ4v) is 5.49. The van der Waals surface area contributed by atoms with Crippen molar-refractivity contribution in [3.63, 3.8) is 0 Å². The number of hydrogen-bond acceptors (Lipinski definition) is 3. The van der Waals surface area contributed by atoms with E-state index in [4.69, 9.17) is 16.7 Å². The van der Waals surface area contributed by atoms with Gasteiger partial charge in [-0.3, -0.25) is 13.8 Å². The van der Waals surface area contributed by atoms with E-state index in [0.717, 1.165) is 11.1 Å². The second kappa shape index (κ2) is 9.43. The molecule has 1 aliphatic heterocycles. The van der Waals surface area contributed by atoms with E-state index >= 15 is 0 Å². The highest BCUT2D eigenvalue weighted by Gasteiger charge is 2.40. The molecular formula is C22H30ClNO4S. The summed E-state index contributed by atoms with van der Waals surface area (Å²) in [6.07, 6.45) is 1.95. The van der Waals surface area contributed by atoms with Gasteiger partial charge in [-0.05, 0) is 35.1 Å². The molecule has 0 radical (unpaired) electrons. The van der Waals surface area contributed by atoms with Crippen molar-refractivity contribution in [2.75, 3.05) is 12.3 Å². The van der Waals surface area contributed by atoms with Crippen LogP contribution in [0.1, 0.15) is 53.0 Å². The lowest BCUT2D eigenvalue weighted by molar-refractivity contribution is -0.138. The normalized spacial score (nSPS) is 20.9. The van der Waals surface area contributed by atoms with E-state index in [1.54, 1.807) is 12.3 Å². The van der Waals surface area contributed by atoms with E-state index in [-0.39, 0.29) is 31.2 Å². The average Bonchev–Trinajstić information content (AvgIpc) is 2.59. The van der Waals surface area contributed by atoms with E-state index in [1.165, 1.54) is 4.90 Å². The van der Waals surface area contributed by atoms with Crippen LogP contribution in [0.4, 0.5) is 0 Å². The first-order valence-electron chi connectivity index (χ1n) is 9.87. The van der Waals surface area contributed by atoms with Gasteiger partial charge in [0.15, 0.2) is 0 Å². The van der Waals surface area contributed by atoms with Gasteiger partial charge < -0.3 is 10.0 Å². The summed E-state index contributed by atoms with van der Waals surface area (Å²) in [6, 6.07) is 5.54. The third-order valence-electron chi connectivity index (χ3n) is 5.24. The summed E-state index contributed by atoms with van der Waals surface area (Å²) in [5, 5.41) is 9.39. The lowest BCUT2D eigenvalue weighted by Gasteiger charge is -2.41. The van der Waals surface area contributed by atoms with Crippen molar-refractivity contribution in [2.24, 2.45) is 11.8 Å². The molecule has 1 aliphatic rings. The van der Waals surface area contributed by atoms with Gasteiger partial charge in [0.05, 0.1) is 27.1 Å². The Labute approximate surface area is 180 Å². The minimum atomic E-state index is -1.17. The van der Waals surface area contributed by atoms with Crippen molar-refractivity contribution in [1.29, 1.82) is 0 Å². The monoisotopic (exact) mass is 439 g/mol. The highest BCUT2D eigenvalue weighted by Crippen LogP contribution is 2.43. The summed E-state index contributed by atoms with van der Waals surface area (Å²) in [5.74, 6) is -0.0322. The minimum absolute atomic E-state index is 0.0908. The van der Waals surface area contributed by atoms with Crippen molar-refractivity contribution in [2.45, 2.75) is 57.8 Å². The van der Waals surface area contributed by atoms with Crippen LogP contribution >= 0.6 is 11.6 Å². The summed E-state index contributed by atoms with van der Waals surface area (Å²) >= 11 is 6.49. The van der Waals surface area contributed by atoms with Crippen LogP contribution in [0, 0.1) is 11.8 Å². The van der Waals surface area contributed by atoms with Gasteiger partial charge in [0.2, 0.25) is 5.91 Å². The van der Waals surface area contributed by atoms with Crippen LogP contribution in [0.3, 0.4) is 0 Å². The van der Waals surface area contributed by atoms with Gasteiger partial charge in [-0.1, -0.05) is 52.3 Å². The molecule has 5 nitrogen and oxygen atoms in total. The van der Waals surface area contributed by atoms with Crippen molar-refractivity contribution < 1.29 is 18.9 Å².